The van der Waals surface area contributed by atoms with E-state index >= 15 is 0 Å². The second-order valence-electron chi connectivity index (χ2n) is 7.31. The molecule has 0 atom stereocenters. The number of rotatable bonds is 8. The van der Waals surface area contributed by atoms with Crippen LogP contribution in [0.25, 0.3) is 0 Å². The molecule has 166 valence electrons. The van der Waals surface area contributed by atoms with Crippen LogP contribution >= 0.6 is 23.4 Å². The Morgan fingerprint density at radius 2 is 2.00 bits per heavy atom. The van der Waals surface area contributed by atoms with E-state index in [1.165, 1.54) is 7.11 Å². The van der Waals surface area contributed by atoms with Crippen molar-refractivity contribution in [3.05, 3.63) is 75.9 Å². The van der Waals surface area contributed by atoms with Gasteiger partial charge in [0.05, 0.1) is 18.4 Å². The molecule has 0 fully saturated rings. The molecule has 0 saturated carbocycles. The van der Waals surface area contributed by atoms with Gasteiger partial charge in [-0.3, -0.25) is 9.59 Å². The number of hydrogen-bond acceptors (Lipinski definition) is 5. The molecule has 1 aliphatic heterocycles. The number of carbonyl (C=O) groups excluding carboxylic acids is 2. The molecule has 1 aliphatic rings. The van der Waals surface area contributed by atoms with Gasteiger partial charge < -0.3 is 15.4 Å². The molecule has 0 radical (unpaired) electrons. The maximum Gasteiger partial charge on any atom is 0.260 e. The van der Waals surface area contributed by atoms with Crippen LogP contribution < -0.4 is 15.4 Å². The summed E-state index contributed by atoms with van der Waals surface area (Å²) in [5, 5.41) is 10.9. The molecule has 0 spiro atoms. The Morgan fingerprint density at radius 3 is 2.78 bits per heavy atom. The maximum absolute atomic E-state index is 13.0. The molecule has 4 rings (SSSR count). The smallest absolute Gasteiger partial charge is 0.260 e. The van der Waals surface area contributed by atoms with Gasteiger partial charge in [-0.2, -0.15) is 16.9 Å². The molecule has 9 heteroatoms. The molecular weight excluding hydrogens is 448 g/mol. The molecule has 0 bridgehead atoms. The Balaban J connectivity index is 1.47. The summed E-state index contributed by atoms with van der Waals surface area (Å²) in [4.78, 5) is 25.6. The number of ether oxygens (including phenoxy) is 1. The Bertz CT molecular complexity index is 1130. The number of methoxy groups -OCH3 is 1. The molecule has 7 nitrogen and oxygen atoms in total. The zero-order chi connectivity index (χ0) is 22.5. The van der Waals surface area contributed by atoms with E-state index in [0.29, 0.717) is 28.7 Å². The Morgan fingerprint density at radius 1 is 1.19 bits per heavy atom. The van der Waals surface area contributed by atoms with E-state index in [1.54, 1.807) is 34.6 Å². The third kappa shape index (κ3) is 5.08. The second-order valence-corrected chi connectivity index (χ2v) is 8.73. The first kappa shape index (κ1) is 22.2. The SMILES string of the molecule is COc1ccc(Cl)cc1C(=O)Nc1c2c(nn1CC(=O)NCCc1ccccc1)CSC2. The van der Waals surface area contributed by atoms with Gasteiger partial charge in [0.2, 0.25) is 5.91 Å². The van der Waals surface area contributed by atoms with Crippen LogP contribution in [0.1, 0.15) is 27.2 Å². The van der Waals surface area contributed by atoms with Gasteiger partial charge >= 0.3 is 0 Å². The number of anilines is 1. The van der Waals surface area contributed by atoms with Crippen molar-refractivity contribution < 1.29 is 14.3 Å². The second kappa shape index (κ2) is 10.1. The highest BCUT2D eigenvalue weighted by Gasteiger charge is 2.26. The molecule has 32 heavy (non-hydrogen) atoms. The monoisotopic (exact) mass is 470 g/mol. The van der Waals surface area contributed by atoms with Gasteiger partial charge in [0, 0.05) is 28.6 Å². The minimum Gasteiger partial charge on any atom is -0.496 e. The van der Waals surface area contributed by atoms with E-state index in [2.05, 4.69) is 15.7 Å². The van der Waals surface area contributed by atoms with Gasteiger partial charge in [0.25, 0.3) is 5.91 Å². The highest BCUT2D eigenvalue weighted by atomic mass is 35.5. The fraction of sp³-hybridized carbons (Fsp3) is 0.261. The van der Waals surface area contributed by atoms with Crippen molar-refractivity contribution in [2.24, 2.45) is 0 Å². The fourth-order valence-electron chi connectivity index (χ4n) is 3.54. The van der Waals surface area contributed by atoms with Crippen molar-refractivity contribution in [2.45, 2.75) is 24.5 Å². The number of nitrogens with one attached hydrogen (secondary N) is 2. The number of aromatic nitrogens is 2. The molecule has 0 saturated heterocycles. The van der Waals surface area contributed by atoms with Crippen LogP contribution in [0.2, 0.25) is 5.02 Å². The van der Waals surface area contributed by atoms with Crippen molar-refractivity contribution in [2.75, 3.05) is 19.0 Å². The molecular formula is C23H23ClN4O3S. The molecule has 2 amide bonds. The third-order valence-electron chi connectivity index (χ3n) is 5.13. The van der Waals surface area contributed by atoms with E-state index in [1.807, 2.05) is 30.3 Å². The maximum atomic E-state index is 13.0. The van der Waals surface area contributed by atoms with Crippen LogP contribution in [0.15, 0.2) is 48.5 Å². The van der Waals surface area contributed by atoms with Gasteiger partial charge in [-0.25, -0.2) is 4.68 Å². The van der Waals surface area contributed by atoms with E-state index in [9.17, 15) is 9.59 Å². The van der Waals surface area contributed by atoms with Crippen LogP contribution in [0.5, 0.6) is 5.75 Å². The summed E-state index contributed by atoms with van der Waals surface area (Å²) in [6, 6.07) is 14.8. The van der Waals surface area contributed by atoms with Crippen LogP contribution in [0.4, 0.5) is 5.82 Å². The van der Waals surface area contributed by atoms with Crippen LogP contribution in [0.3, 0.4) is 0 Å². The van der Waals surface area contributed by atoms with Crippen molar-refractivity contribution in [1.82, 2.24) is 15.1 Å². The summed E-state index contributed by atoms with van der Waals surface area (Å²) in [6.07, 6.45) is 0.747. The standard InChI is InChI=1S/C23H23ClN4O3S/c1-31-20-8-7-16(24)11-17(20)23(30)26-22-18-13-32-14-19(18)27-28(22)12-21(29)25-10-9-15-5-3-2-4-6-15/h2-8,11H,9-10,12-14H2,1H3,(H,25,29)(H,26,30). The predicted octanol–water partition coefficient (Wildman–Crippen LogP) is 3.90. The minimum absolute atomic E-state index is 0.0226. The summed E-state index contributed by atoms with van der Waals surface area (Å²) in [6.45, 7) is 0.551. The van der Waals surface area contributed by atoms with E-state index in [4.69, 9.17) is 16.3 Å². The number of hydrogen-bond donors (Lipinski definition) is 2. The first-order valence-corrected chi connectivity index (χ1v) is 11.7. The normalized spacial score (nSPS) is 12.3. The number of fused-ring (bicyclic) bond motifs is 1. The molecule has 2 aromatic carbocycles. The molecule has 1 aromatic heterocycles. The summed E-state index contributed by atoms with van der Waals surface area (Å²) >= 11 is 7.80. The highest BCUT2D eigenvalue weighted by molar-refractivity contribution is 7.98. The summed E-state index contributed by atoms with van der Waals surface area (Å²) < 4.78 is 6.87. The largest absolute Gasteiger partial charge is 0.496 e. The number of amides is 2. The Hall–Kier alpha value is -2.97. The number of halogens is 1. The van der Waals surface area contributed by atoms with Crippen LogP contribution in [-0.2, 0) is 29.3 Å². The van der Waals surface area contributed by atoms with Crippen molar-refractivity contribution in [3.8, 4) is 5.75 Å². The lowest BCUT2D eigenvalue weighted by molar-refractivity contribution is -0.121. The first-order chi connectivity index (χ1) is 15.5. The quantitative estimate of drug-likeness (QED) is 0.521. The Labute approximate surface area is 195 Å². The first-order valence-electron chi connectivity index (χ1n) is 10.2. The van der Waals surface area contributed by atoms with Gasteiger partial charge in [-0.15, -0.1) is 0 Å². The van der Waals surface area contributed by atoms with Gasteiger partial charge in [-0.05, 0) is 30.2 Å². The fourth-order valence-corrected chi connectivity index (χ4v) is 4.74. The predicted molar refractivity (Wildman–Crippen MR) is 126 cm³/mol. The highest BCUT2D eigenvalue weighted by Crippen LogP contribution is 2.35. The average Bonchev–Trinajstić information content (AvgIpc) is 3.37. The Kier molecular flexibility index (Phi) is 7.02. The van der Waals surface area contributed by atoms with Crippen LogP contribution in [-0.4, -0.2) is 35.2 Å². The number of thioether (sulfide) groups is 1. The number of benzene rings is 2. The average molecular weight is 471 g/mol. The lowest BCUT2D eigenvalue weighted by Crippen LogP contribution is -2.30. The summed E-state index contributed by atoms with van der Waals surface area (Å²) in [5.74, 6) is 1.91. The lowest BCUT2D eigenvalue weighted by Gasteiger charge is -2.13. The van der Waals surface area contributed by atoms with Crippen LogP contribution in [0, 0.1) is 0 Å². The van der Waals surface area contributed by atoms with Crippen molar-refractivity contribution in [3.63, 3.8) is 0 Å². The van der Waals surface area contributed by atoms with Gasteiger partial charge in [0.1, 0.15) is 18.1 Å². The minimum atomic E-state index is -0.366. The van der Waals surface area contributed by atoms with Gasteiger partial charge in [-0.1, -0.05) is 41.9 Å². The zero-order valence-corrected chi connectivity index (χ0v) is 19.1. The van der Waals surface area contributed by atoms with E-state index < -0.39 is 0 Å². The summed E-state index contributed by atoms with van der Waals surface area (Å²) in [5.41, 5.74) is 3.31. The molecule has 0 unspecified atom stereocenters. The number of nitrogens with zero attached hydrogens (tertiary/aromatic N) is 2. The third-order valence-corrected chi connectivity index (χ3v) is 6.33. The topological polar surface area (TPSA) is 85.2 Å². The molecule has 3 aromatic rings. The van der Waals surface area contributed by atoms with Crippen molar-refractivity contribution in [1.29, 1.82) is 0 Å². The molecule has 0 aliphatic carbocycles. The van der Waals surface area contributed by atoms with E-state index in [-0.39, 0.29) is 18.4 Å². The molecule has 2 heterocycles. The lowest BCUT2D eigenvalue weighted by atomic mass is 10.1. The van der Waals surface area contributed by atoms with Gasteiger partial charge in [0.15, 0.2) is 0 Å². The zero-order valence-electron chi connectivity index (χ0n) is 17.6. The van der Waals surface area contributed by atoms with Crippen molar-refractivity contribution >= 4 is 41.0 Å². The summed E-state index contributed by atoms with van der Waals surface area (Å²) in [7, 11) is 1.50. The van der Waals surface area contributed by atoms with E-state index in [0.717, 1.165) is 34.7 Å². The number of carbonyl (C=O) groups is 2. The molecule has 2 N–H and O–H groups in total.